The standard InChI is InChI=1S/C20H20N2O5/c1-25-16-10-13(11-17-18(16)27-8-7-26-17)20(24)22-15-4-2-3-12(9-15)19(23)21-14-5-6-14/h2-4,9-11,14H,5-8H2,1H3,(H,21,23)(H,22,24). The van der Waals surface area contributed by atoms with Gasteiger partial charge in [-0.05, 0) is 43.2 Å². The normalized spacial score (nSPS) is 15.0. The molecule has 1 heterocycles. The van der Waals surface area contributed by atoms with Crippen LogP contribution < -0.4 is 24.8 Å². The molecule has 2 aromatic rings. The van der Waals surface area contributed by atoms with Gasteiger partial charge < -0.3 is 24.8 Å². The lowest BCUT2D eigenvalue weighted by atomic mass is 10.1. The van der Waals surface area contributed by atoms with Crippen molar-refractivity contribution in [3.8, 4) is 17.2 Å². The summed E-state index contributed by atoms with van der Waals surface area (Å²) in [6.07, 6.45) is 2.04. The Morgan fingerprint density at radius 2 is 1.85 bits per heavy atom. The minimum atomic E-state index is -0.329. The van der Waals surface area contributed by atoms with E-state index in [0.717, 1.165) is 12.8 Å². The summed E-state index contributed by atoms with van der Waals surface area (Å²) >= 11 is 0. The zero-order chi connectivity index (χ0) is 18.8. The van der Waals surface area contributed by atoms with Crippen LogP contribution in [0.15, 0.2) is 36.4 Å². The van der Waals surface area contributed by atoms with Gasteiger partial charge in [-0.3, -0.25) is 9.59 Å². The largest absolute Gasteiger partial charge is 0.493 e. The first-order valence-corrected chi connectivity index (χ1v) is 8.84. The number of methoxy groups -OCH3 is 1. The Morgan fingerprint density at radius 3 is 2.63 bits per heavy atom. The van der Waals surface area contributed by atoms with Crippen molar-refractivity contribution in [1.29, 1.82) is 0 Å². The lowest BCUT2D eigenvalue weighted by molar-refractivity contribution is 0.0949. The zero-order valence-electron chi connectivity index (χ0n) is 14.9. The highest BCUT2D eigenvalue weighted by Gasteiger charge is 2.24. The van der Waals surface area contributed by atoms with Crippen molar-refractivity contribution in [3.63, 3.8) is 0 Å². The molecule has 0 unspecified atom stereocenters. The van der Waals surface area contributed by atoms with Crippen LogP contribution in [0.3, 0.4) is 0 Å². The lowest BCUT2D eigenvalue weighted by Crippen LogP contribution is -2.25. The van der Waals surface area contributed by atoms with Crippen molar-refractivity contribution < 1.29 is 23.8 Å². The number of rotatable bonds is 5. The molecule has 27 heavy (non-hydrogen) atoms. The van der Waals surface area contributed by atoms with E-state index in [1.54, 1.807) is 36.4 Å². The number of carbonyl (C=O) groups excluding carboxylic acids is 2. The third kappa shape index (κ3) is 3.81. The molecule has 0 atom stereocenters. The molecule has 2 aliphatic rings. The first-order chi connectivity index (χ1) is 13.1. The van der Waals surface area contributed by atoms with E-state index in [4.69, 9.17) is 14.2 Å². The Kier molecular flexibility index (Phi) is 4.58. The maximum atomic E-state index is 12.7. The molecule has 1 saturated carbocycles. The summed E-state index contributed by atoms with van der Waals surface area (Å²) in [5.41, 5.74) is 1.43. The van der Waals surface area contributed by atoms with E-state index in [0.29, 0.717) is 47.3 Å². The van der Waals surface area contributed by atoms with Gasteiger partial charge in [0.05, 0.1) is 7.11 Å². The molecule has 1 fully saturated rings. The molecule has 2 amide bonds. The van der Waals surface area contributed by atoms with Crippen LogP contribution in [0, 0.1) is 0 Å². The van der Waals surface area contributed by atoms with Gasteiger partial charge in [-0.1, -0.05) is 6.07 Å². The minimum absolute atomic E-state index is 0.130. The summed E-state index contributed by atoms with van der Waals surface area (Å²) in [6.45, 7) is 0.851. The number of hydrogen-bond donors (Lipinski definition) is 2. The Balaban J connectivity index is 1.53. The third-order valence-corrected chi connectivity index (χ3v) is 4.39. The average Bonchev–Trinajstić information content (AvgIpc) is 3.51. The maximum absolute atomic E-state index is 12.7. The SMILES string of the molecule is COc1cc(C(=O)Nc2cccc(C(=O)NC3CC3)c2)cc2c1OCCO2. The van der Waals surface area contributed by atoms with Gasteiger partial charge in [-0.25, -0.2) is 0 Å². The number of ether oxygens (including phenoxy) is 3. The van der Waals surface area contributed by atoms with Crippen LogP contribution in [-0.2, 0) is 0 Å². The highest BCUT2D eigenvalue weighted by molar-refractivity contribution is 6.06. The van der Waals surface area contributed by atoms with E-state index < -0.39 is 0 Å². The van der Waals surface area contributed by atoms with E-state index in [1.165, 1.54) is 7.11 Å². The molecule has 1 aliphatic heterocycles. The van der Waals surface area contributed by atoms with Gasteiger partial charge in [0.2, 0.25) is 5.75 Å². The fourth-order valence-corrected chi connectivity index (χ4v) is 2.84. The summed E-state index contributed by atoms with van der Waals surface area (Å²) in [6, 6.07) is 10.4. The molecule has 0 spiro atoms. The fraction of sp³-hybridized carbons (Fsp3) is 0.300. The van der Waals surface area contributed by atoms with Crippen molar-refractivity contribution in [3.05, 3.63) is 47.5 Å². The second kappa shape index (κ2) is 7.19. The second-order valence-electron chi connectivity index (χ2n) is 6.49. The number of anilines is 1. The Morgan fingerprint density at radius 1 is 1.04 bits per heavy atom. The Bertz CT molecular complexity index is 875. The number of nitrogens with one attached hydrogen (secondary N) is 2. The molecule has 2 aromatic carbocycles. The topological polar surface area (TPSA) is 85.9 Å². The van der Waals surface area contributed by atoms with Crippen LogP contribution in [0.2, 0.25) is 0 Å². The van der Waals surface area contributed by atoms with Gasteiger partial charge in [0.1, 0.15) is 13.2 Å². The van der Waals surface area contributed by atoms with Crippen LogP contribution in [0.25, 0.3) is 0 Å². The van der Waals surface area contributed by atoms with E-state index in [9.17, 15) is 9.59 Å². The Labute approximate surface area is 156 Å². The summed E-state index contributed by atoms with van der Waals surface area (Å²) < 4.78 is 16.4. The lowest BCUT2D eigenvalue weighted by Gasteiger charge is -2.21. The van der Waals surface area contributed by atoms with Crippen molar-refractivity contribution in [2.75, 3.05) is 25.6 Å². The molecule has 0 bridgehead atoms. The Hall–Kier alpha value is -3.22. The molecule has 0 saturated heterocycles. The molecule has 7 nitrogen and oxygen atoms in total. The van der Waals surface area contributed by atoms with Crippen LogP contribution in [0.1, 0.15) is 33.6 Å². The predicted molar refractivity (Wildman–Crippen MR) is 98.9 cm³/mol. The van der Waals surface area contributed by atoms with E-state index in [2.05, 4.69) is 10.6 Å². The summed E-state index contributed by atoms with van der Waals surface area (Å²) in [7, 11) is 1.51. The summed E-state index contributed by atoms with van der Waals surface area (Å²) in [5, 5.41) is 5.74. The predicted octanol–water partition coefficient (Wildman–Crippen LogP) is 2.61. The molecule has 140 valence electrons. The third-order valence-electron chi connectivity index (χ3n) is 4.39. The van der Waals surface area contributed by atoms with Crippen molar-refractivity contribution in [2.45, 2.75) is 18.9 Å². The fourth-order valence-electron chi connectivity index (χ4n) is 2.84. The average molecular weight is 368 g/mol. The summed E-state index contributed by atoms with van der Waals surface area (Å²) in [4.78, 5) is 24.8. The summed E-state index contributed by atoms with van der Waals surface area (Å²) in [5.74, 6) is 0.955. The minimum Gasteiger partial charge on any atom is -0.493 e. The molecule has 4 rings (SSSR count). The van der Waals surface area contributed by atoms with E-state index in [1.807, 2.05) is 0 Å². The van der Waals surface area contributed by atoms with Crippen LogP contribution in [0.5, 0.6) is 17.2 Å². The first-order valence-electron chi connectivity index (χ1n) is 8.84. The molecule has 7 heteroatoms. The van der Waals surface area contributed by atoms with Crippen molar-refractivity contribution in [1.82, 2.24) is 5.32 Å². The number of amides is 2. The van der Waals surface area contributed by atoms with E-state index >= 15 is 0 Å². The quantitative estimate of drug-likeness (QED) is 0.847. The van der Waals surface area contributed by atoms with Crippen LogP contribution >= 0.6 is 0 Å². The highest BCUT2D eigenvalue weighted by Crippen LogP contribution is 2.40. The molecular formula is C20H20N2O5. The van der Waals surface area contributed by atoms with Gasteiger partial charge in [-0.2, -0.15) is 0 Å². The van der Waals surface area contributed by atoms with Gasteiger partial charge >= 0.3 is 0 Å². The zero-order valence-corrected chi connectivity index (χ0v) is 14.9. The smallest absolute Gasteiger partial charge is 0.255 e. The van der Waals surface area contributed by atoms with Crippen LogP contribution in [-0.4, -0.2) is 38.2 Å². The van der Waals surface area contributed by atoms with Crippen molar-refractivity contribution in [2.24, 2.45) is 0 Å². The number of benzene rings is 2. The van der Waals surface area contributed by atoms with Gasteiger partial charge in [-0.15, -0.1) is 0 Å². The maximum Gasteiger partial charge on any atom is 0.255 e. The first kappa shape index (κ1) is 17.2. The van der Waals surface area contributed by atoms with Crippen LogP contribution in [0.4, 0.5) is 5.69 Å². The molecule has 2 N–H and O–H groups in total. The monoisotopic (exact) mass is 368 g/mol. The van der Waals surface area contributed by atoms with Gasteiger partial charge in [0.15, 0.2) is 11.5 Å². The number of carbonyl (C=O) groups is 2. The number of hydrogen-bond acceptors (Lipinski definition) is 5. The molecule has 0 aromatic heterocycles. The van der Waals surface area contributed by atoms with E-state index in [-0.39, 0.29) is 17.9 Å². The van der Waals surface area contributed by atoms with Gasteiger partial charge in [0, 0.05) is 22.9 Å². The van der Waals surface area contributed by atoms with Gasteiger partial charge in [0.25, 0.3) is 11.8 Å². The molecule has 0 radical (unpaired) electrons. The molecular weight excluding hydrogens is 348 g/mol. The molecule has 1 aliphatic carbocycles. The number of fused-ring (bicyclic) bond motifs is 1. The highest BCUT2D eigenvalue weighted by atomic mass is 16.6. The van der Waals surface area contributed by atoms with Crippen molar-refractivity contribution >= 4 is 17.5 Å². The second-order valence-corrected chi connectivity index (χ2v) is 6.49.